The summed E-state index contributed by atoms with van der Waals surface area (Å²) in [5.41, 5.74) is -0.878. The number of amides is 4. The molecule has 1 aliphatic rings. The summed E-state index contributed by atoms with van der Waals surface area (Å²) in [6.45, 7) is 2.99. The van der Waals surface area contributed by atoms with Crippen LogP contribution in [0.25, 0.3) is 0 Å². The minimum absolute atomic E-state index is 0.216. The minimum Gasteiger partial charge on any atom is -0.347 e. The molecule has 2 heterocycles. The van der Waals surface area contributed by atoms with Crippen LogP contribution in [-0.2, 0) is 15.1 Å². The van der Waals surface area contributed by atoms with Crippen molar-refractivity contribution in [2.75, 3.05) is 6.54 Å². The van der Waals surface area contributed by atoms with E-state index >= 15 is 0 Å². The number of hydrogen-bond donors (Lipinski definition) is 2. The Morgan fingerprint density at radius 1 is 1.31 bits per heavy atom. The van der Waals surface area contributed by atoms with Crippen molar-refractivity contribution >= 4 is 29.2 Å². The third-order valence-electron chi connectivity index (χ3n) is 4.35. The van der Waals surface area contributed by atoms with E-state index in [9.17, 15) is 18.8 Å². The number of rotatable bonds is 5. The maximum atomic E-state index is 13.1. The predicted molar refractivity (Wildman–Crippen MR) is 94.9 cm³/mol. The van der Waals surface area contributed by atoms with Crippen LogP contribution < -0.4 is 10.6 Å². The summed E-state index contributed by atoms with van der Waals surface area (Å²) in [6.07, 6.45) is 0. The van der Waals surface area contributed by atoms with E-state index in [0.29, 0.717) is 5.56 Å². The Morgan fingerprint density at radius 2 is 2.00 bits per heavy atom. The van der Waals surface area contributed by atoms with Crippen LogP contribution in [0.2, 0.25) is 0 Å². The van der Waals surface area contributed by atoms with Crippen molar-refractivity contribution in [1.29, 1.82) is 0 Å². The van der Waals surface area contributed by atoms with Crippen LogP contribution in [0.4, 0.5) is 9.18 Å². The molecule has 6 nitrogen and oxygen atoms in total. The molecule has 1 fully saturated rings. The van der Waals surface area contributed by atoms with Gasteiger partial charge in [0, 0.05) is 4.88 Å². The second-order valence-electron chi connectivity index (χ2n) is 6.26. The number of urea groups is 1. The molecule has 1 aromatic heterocycles. The van der Waals surface area contributed by atoms with Crippen molar-refractivity contribution in [3.05, 3.63) is 58.0 Å². The fourth-order valence-electron chi connectivity index (χ4n) is 2.86. The highest BCUT2D eigenvalue weighted by Crippen LogP contribution is 2.29. The number of carbonyl (C=O) groups excluding carboxylic acids is 3. The Kier molecular flexibility index (Phi) is 4.78. The molecule has 8 heteroatoms. The number of carbonyl (C=O) groups is 3. The number of nitrogens with zero attached hydrogens (tertiary/aromatic N) is 1. The van der Waals surface area contributed by atoms with Gasteiger partial charge in [0.25, 0.3) is 5.91 Å². The minimum atomic E-state index is -1.33. The molecular formula is C18H18FN3O3S. The van der Waals surface area contributed by atoms with Crippen LogP contribution in [0.3, 0.4) is 0 Å². The lowest BCUT2D eigenvalue weighted by Gasteiger charge is -2.22. The molecular weight excluding hydrogens is 357 g/mol. The molecule has 0 spiro atoms. The second-order valence-corrected chi connectivity index (χ2v) is 7.24. The number of imide groups is 1. The molecule has 0 radical (unpaired) electrons. The number of halogens is 1. The van der Waals surface area contributed by atoms with Gasteiger partial charge in [-0.25, -0.2) is 9.18 Å². The summed E-state index contributed by atoms with van der Waals surface area (Å²) in [7, 11) is 0. The number of hydrogen-bond acceptors (Lipinski definition) is 4. The van der Waals surface area contributed by atoms with Crippen LogP contribution in [0, 0.1) is 5.82 Å². The van der Waals surface area contributed by atoms with Crippen LogP contribution in [0.5, 0.6) is 0 Å². The molecule has 136 valence electrons. The second kappa shape index (κ2) is 6.87. The van der Waals surface area contributed by atoms with Crippen LogP contribution >= 0.6 is 11.3 Å². The molecule has 0 saturated carbocycles. The summed E-state index contributed by atoms with van der Waals surface area (Å²) >= 11 is 1.51. The number of benzene rings is 1. The standard InChI is InChI=1S/C18H18FN3O3S/c1-11(14-4-3-9-26-14)20-15(23)10-22-16(24)18(2,21-17(22)25)12-5-7-13(19)8-6-12/h3-9,11H,10H2,1-2H3,(H,20,23)(H,21,25). The van der Waals surface area contributed by atoms with Gasteiger partial charge in [0.15, 0.2) is 0 Å². The van der Waals surface area contributed by atoms with Crippen molar-refractivity contribution in [3.63, 3.8) is 0 Å². The lowest BCUT2D eigenvalue weighted by Crippen LogP contribution is -2.43. The zero-order valence-corrected chi connectivity index (χ0v) is 15.1. The Morgan fingerprint density at radius 3 is 2.62 bits per heavy atom. The highest BCUT2D eigenvalue weighted by Gasteiger charge is 2.49. The van der Waals surface area contributed by atoms with Gasteiger partial charge in [0.1, 0.15) is 17.9 Å². The molecule has 2 atom stereocenters. The molecule has 2 unspecified atom stereocenters. The van der Waals surface area contributed by atoms with Crippen LogP contribution in [-0.4, -0.2) is 29.3 Å². The normalized spacial score (nSPS) is 20.8. The summed E-state index contributed by atoms with van der Waals surface area (Å²) in [6, 6.07) is 8.23. The van der Waals surface area contributed by atoms with Crippen LogP contribution in [0.15, 0.2) is 41.8 Å². The molecule has 26 heavy (non-hydrogen) atoms. The average molecular weight is 375 g/mol. The maximum Gasteiger partial charge on any atom is 0.325 e. The zero-order valence-electron chi connectivity index (χ0n) is 14.3. The largest absolute Gasteiger partial charge is 0.347 e. The van der Waals surface area contributed by atoms with Gasteiger partial charge in [-0.3, -0.25) is 14.5 Å². The Balaban J connectivity index is 1.71. The third kappa shape index (κ3) is 3.32. The van der Waals surface area contributed by atoms with E-state index in [1.165, 1.54) is 42.5 Å². The summed E-state index contributed by atoms with van der Waals surface area (Å²) in [4.78, 5) is 39.1. The van der Waals surface area contributed by atoms with E-state index < -0.39 is 29.2 Å². The number of thiophene rings is 1. The molecule has 1 aromatic carbocycles. The monoisotopic (exact) mass is 375 g/mol. The van der Waals surface area contributed by atoms with Crippen molar-refractivity contribution < 1.29 is 18.8 Å². The van der Waals surface area contributed by atoms with Gasteiger partial charge in [-0.05, 0) is 43.0 Å². The summed E-state index contributed by atoms with van der Waals surface area (Å²) in [5.74, 6) is -1.42. The highest BCUT2D eigenvalue weighted by atomic mass is 32.1. The van der Waals surface area contributed by atoms with E-state index in [1.54, 1.807) is 0 Å². The first-order valence-electron chi connectivity index (χ1n) is 8.04. The fraction of sp³-hybridized carbons (Fsp3) is 0.278. The Hall–Kier alpha value is -2.74. The quantitative estimate of drug-likeness (QED) is 0.789. The smallest absolute Gasteiger partial charge is 0.325 e. The van der Waals surface area contributed by atoms with Crippen molar-refractivity contribution in [1.82, 2.24) is 15.5 Å². The van der Waals surface area contributed by atoms with Crippen molar-refractivity contribution in [3.8, 4) is 0 Å². The van der Waals surface area contributed by atoms with Gasteiger partial charge in [0.05, 0.1) is 6.04 Å². The highest BCUT2D eigenvalue weighted by molar-refractivity contribution is 7.10. The maximum absolute atomic E-state index is 13.1. The van der Waals surface area contributed by atoms with E-state index in [1.807, 2.05) is 24.4 Å². The molecule has 0 aliphatic carbocycles. The zero-order chi connectivity index (χ0) is 18.9. The van der Waals surface area contributed by atoms with Gasteiger partial charge in [-0.15, -0.1) is 11.3 Å². The topological polar surface area (TPSA) is 78.5 Å². The molecule has 2 aromatic rings. The third-order valence-corrected chi connectivity index (χ3v) is 5.40. The molecule has 0 bridgehead atoms. The molecule has 1 aliphatic heterocycles. The first-order valence-corrected chi connectivity index (χ1v) is 8.92. The van der Waals surface area contributed by atoms with Crippen molar-refractivity contribution in [2.24, 2.45) is 0 Å². The number of nitrogens with one attached hydrogen (secondary N) is 2. The van der Waals surface area contributed by atoms with Gasteiger partial charge in [-0.1, -0.05) is 18.2 Å². The van der Waals surface area contributed by atoms with Gasteiger partial charge in [0.2, 0.25) is 5.91 Å². The predicted octanol–water partition coefficient (Wildman–Crippen LogP) is 2.53. The van der Waals surface area contributed by atoms with Gasteiger partial charge >= 0.3 is 6.03 Å². The molecule has 1 saturated heterocycles. The van der Waals surface area contributed by atoms with E-state index in [-0.39, 0.29) is 12.6 Å². The van der Waals surface area contributed by atoms with E-state index in [4.69, 9.17) is 0 Å². The SMILES string of the molecule is CC(NC(=O)CN1C(=O)NC(C)(c2ccc(F)cc2)C1=O)c1cccs1. The first-order chi connectivity index (χ1) is 12.3. The van der Waals surface area contributed by atoms with E-state index in [2.05, 4.69) is 10.6 Å². The van der Waals surface area contributed by atoms with Gasteiger partial charge < -0.3 is 10.6 Å². The van der Waals surface area contributed by atoms with Crippen molar-refractivity contribution in [2.45, 2.75) is 25.4 Å². The Labute approximate surface area is 154 Å². The Bertz CT molecular complexity index is 838. The lowest BCUT2D eigenvalue weighted by atomic mass is 9.92. The summed E-state index contributed by atoms with van der Waals surface area (Å²) in [5, 5.41) is 7.27. The summed E-state index contributed by atoms with van der Waals surface area (Å²) < 4.78 is 13.1. The van der Waals surface area contributed by atoms with Crippen LogP contribution in [0.1, 0.15) is 30.3 Å². The molecule has 2 N–H and O–H groups in total. The van der Waals surface area contributed by atoms with E-state index in [0.717, 1.165) is 9.78 Å². The first kappa shape index (κ1) is 18.1. The molecule has 4 amide bonds. The fourth-order valence-corrected chi connectivity index (χ4v) is 3.59. The lowest BCUT2D eigenvalue weighted by molar-refractivity contribution is -0.135. The average Bonchev–Trinajstić information content (AvgIpc) is 3.20. The van der Waals surface area contributed by atoms with Gasteiger partial charge in [-0.2, -0.15) is 0 Å². The molecule has 3 rings (SSSR count).